The molecule has 0 spiro atoms. The number of rotatable bonds is 4. The highest BCUT2D eigenvalue weighted by Gasteiger charge is 2.19. The van der Waals surface area contributed by atoms with E-state index >= 15 is 0 Å². The van der Waals surface area contributed by atoms with Crippen molar-refractivity contribution >= 4 is 0 Å². The van der Waals surface area contributed by atoms with Crippen LogP contribution in [0.4, 0.5) is 0 Å². The highest BCUT2D eigenvalue weighted by Crippen LogP contribution is 2.35. The molecule has 0 atom stereocenters. The van der Waals surface area contributed by atoms with Gasteiger partial charge in [-0.05, 0) is 41.0 Å². The van der Waals surface area contributed by atoms with Crippen LogP contribution in [0.15, 0.2) is 84.9 Å². The molecule has 0 N–H and O–H groups in total. The molecule has 0 unspecified atom stereocenters. The zero-order valence-electron chi connectivity index (χ0n) is 14.7. The lowest BCUT2D eigenvalue weighted by Gasteiger charge is -2.23. The molecule has 1 radical (unpaired) electrons. The van der Waals surface area contributed by atoms with Gasteiger partial charge < -0.3 is 0 Å². The van der Waals surface area contributed by atoms with Gasteiger partial charge in [-0.1, -0.05) is 104 Å². The zero-order chi connectivity index (χ0) is 16.9. The summed E-state index contributed by atoms with van der Waals surface area (Å²) in [5.74, 6) is 2.08. The standard InChI is InChI=1S/C25H25/c1-4-10-20(11-5-1)21-16-18-24(19-17-21)25(22-12-6-2-7-13-22)23-14-8-3-9-15-23/h2-3,6-9,12-20H,1,4-5,10-11H2. The molecule has 3 aromatic rings. The van der Waals surface area contributed by atoms with Crippen LogP contribution in [0.3, 0.4) is 0 Å². The molecule has 0 heterocycles. The molecule has 1 aliphatic rings. The van der Waals surface area contributed by atoms with Crippen molar-refractivity contribution in [3.05, 3.63) is 113 Å². The molecular formula is C25H25. The molecule has 1 aliphatic carbocycles. The highest BCUT2D eigenvalue weighted by molar-refractivity contribution is 5.57. The van der Waals surface area contributed by atoms with E-state index in [1.807, 2.05) is 0 Å². The molecule has 0 heteroatoms. The van der Waals surface area contributed by atoms with Crippen LogP contribution in [-0.2, 0) is 0 Å². The summed E-state index contributed by atoms with van der Waals surface area (Å²) in [7, 11) is 0. The molecule has 1 saturated carbocycles. The van der Waals surface area contributed by atoms with Gasteiger partial charge >= 0.3 is 0 Å². The Hall–Kier alpha value is -2.34. The van der Waals surface area contributed by atoms with Gasteiger partial charge in [-0.15, -0.1) is 0 Å². The number of hydrogen-bond acceptors (Lipinski definition) is 0. The lowest BCUT2D eigenvalue weighted by Crippen LogP contribution is -2.07. The quantitative estimate of drug-likeness (QED) is 0.465. The summed E-state index contributed by atoms with van der Waals surface area (Å²) in [6.07, 6.45) is 6.89. The summed E-state index contributed by atoms with van der Waals surface area (Å²) < 4.78 is 0. The van der Waals surface area contributed by atoms with Crippen LogP contribution in [0.2, 0.25) is 0 Å². The van der Waals surface area contributed by atoms with Crippen molar-refractivity contribution in [2.24, 2.45) is 0 Å². The van der Waals surface area contributed by atoms with Gasteiger partial charge in [-0.25, -0.2) is 0 Å². The van der Waals surface area contributed by atoms with Gasteiger partial charge in [0.05, 0.1) is 5.92 Å². The van der Waals surface area contributed by atoms with Gasteiger partial charge in [0.1, 0.15) is 0 Å². The van der Waals surface area contributed by atoms with Gasteiger partial charge in [-0.3, -0.25) is 0 Å². The maximum Gasteiger partial charge on any atom is 0.0629 e. The Balaban J connectivity index is 1.68. The van der Waals surface area contributed by atoms with Crippen LogP contribution in [0.25, 0.3) is 0 Å². The normalized spacial score (nSPS) is 15.4. The van der Waals surface area contributed by atoms with Crippen LogP contribution in [-0.4, -0.2) is 0 Å². The summed E-state index contributed by atoms with van der Waals surface area (Å²) in [6, 6.07) is 30.8. The van der Waals surface area contributed by atoms with Crippen molar-refractivity contribution in [1.29, 1.82) is 0 Å². The average Bonchev–Trinajstić information content (AvgIpc) is 2.71. The molecule has 4 rings (SSSR count). The molecule has 125 valence electrons. The minimum Gasteiger partial charge on any atom is -0.0622 e. The summed E-state index contributed by atoms with van der Waals surface area (Å²) in [4.78, 5) is 0. The second-order valence-electron chi connectivity index (χ2n) is 7.06. The minimum absolute atomic E-state index is 0.764. The lowest BCUT2D eigenvalue weighted by molar-refractivity contribution is 0.443. The molecule has 0 bridgehead atoms. The van der Waals surface area contributed by atoms with E-state index in [0.29, 0.717) is 0 Å². The van der Waals surface area contributed by atoms with Crippen molar-refractivity contribution in [3.63, 3.8) is 0 Å². The Morgan fingerprint density at radius 3 is 1.52 bits per heavy atom. The van der Waals surface area contributed by atoms with Crippen LogP contribution >= 0.6 is 0 Å². The van der Waals surface area contributed by atoms with E-state index in [1.54, 1.807) is 0 Å². The largest absolute Gasteiger partial charge is 0.0629 e. The van der Waals surface area contributed by atoms with Gasteiger partial charge in [-0.2, -0.15) is 0 Å². The lowest BCUT2D eigenvalue weighted by atomic mass is 9.81. The first-order chi connectivity index (χ1) is 12.4. The van der Waals surface area contributed by atoms with Crippen LogP contribution in [0, 0.1) is 5.92 Å². The first kappa shape index (κ1) is 16.1. The summed E-state index contributed by atoms with van der Waals surface area (Å²) >= 11 is 0. The SMILES string of the molecule is c1ccc([C](c2ccccc2)c2ccc(C3CCCCC3)cc2)cc1. The smallest absolute Gasteiger partial charge is 0.0622 e. The molecule has 3 aromatic carbocycles. The third kappa shape index (κ3) is 3.69. The monoisotopic (exact) mass is 325 g/mol. The maximum atomic E-state index is 2.36. The first-order valence-corrected chi connectivity index (χ1v) is 9.50. The Morgan fingerprint density at radius 2 is 1.00 bits per heavy atom. The van der Waals surface area contributed by atoms with Gasteiger partial charge in [0.25, 0.3) is 0 Å². The molecule has 0 aromatic heterocycles. The highest BCUT2D eigenvalue weighted by atomic mass is 14.2. The fourth-order valence-corrected chi connectivity index (χ4v) is 4.07. The molecule has 1 fully saturated rings. The molecule has 0 amide bonds. The number of hydrogen-bond donors (Lipinski definition) is 0. The molecule has 0 saturated heterocycles. The van der Waals surface area contributed by atoms with E-state index in [2.05, 4.69) is 84.9 Å². The third-order valence-electron chi connectivity index (χ3n) is 5.40. The maximum absolute atomic E-state index is 2.36. The predicted molar refractivity (Wildman–Crippen MR) is 106 cm³/mol. The zero-order valence-corrected chi connectivity index (χ0v) is 14.7. The second-order valence-corrected chi connectivity index (χ2v) is 7.06. The fourth-order valence-electron chi connectivity index (χ4n) is 4.07. The van der Waals surface area contributed by atoms with Crippen molar-refractivity contribution in [2.75, 3.05) is 0 Å². The van der Waals surface area contributed by atoms with E-state index in [1.165, 1.54) is 60.3 Å². The van der Waals surface area contributed by atoms with Crippen LogP contribution in [0.5, 0.6) is 0 Å². The van der Waals surface area contributed by atoms with E-state index < -0.39 is 0 Å². The topological polar surface area (TPSA) is 0 Å². The van der Waals surface area contributed by atoms with E-state index in [9.17, 15) is 0 Å². The Kier molecular flexibility index (Phi) is 4.97. The summed E-state index contributed by atoms with van der Waals surface area (Å²) in [5.41, 5.74) is 5.37. The van der Waals surface area contributed by atoms with Crippen LogP contribution in [0.1, 0.15) is 60.3 Å². The van der Waals surface area contributed by atoms with Crippen LogP contribution < -0.4 is 0 Å². The van der Waals surface area contributed by atoms with Crippen molar-refractivity contribution < 1.29 is 0 Å². The molecular weight excluding hydrogens is 300 g/mol. The second kappa shape index (κ2) is 7.70. The van der Waals surface area contributed by atoms with Crippen molar-refractivity contribution in [1.82, 2.24) is 0 Å². The Bertz CT molecular complexity index is 726. The predicted octanol–water partition coefficient (Wildman–Crippen LogP) is 6.75. The average molecular weight is 325 g/mol. The minimum atomic E-state index is 0.764. The van der Waals surface area contributed by atoms with E-state index in [0.717, 1.165) is 5.92 Å². The van der Waals surface area contributed by atoms with E-state index in [4.69, 9.17) is 0 Å². The summed E-state index contributed by atoms with van der Waals surface area (Å²) in [5, 5.41) is 0. The van der Waals surface area contributed by atoms with Crippen molar-refractivity contribution in [3.8, 4) is 0 Å². The van der Waals surface area contributed by atoms with Crippen molar-refractivity contribution in [2.45, 2.75) is 38.0 Å². The van der Waals surface area contributed by atoms with Gasteiger partial charge in [0, 0.05) is 0 Å². The first-order valence-electron chi connectivity index (χ1n) is 9.50. The molecule has 25 heavy (non-hydrogen) atoms. The Labute approximate surface area is 151 Å². The van der Waals surface area contributed by atoms with Gasteiger partial charge in [0.2, 0.25) is 0 Å². The Morgan fingerprint density at radius 1 is 0.520 bits per heavy atom. The molecule has 0 aliphatic heterocycles. The fraction of sp³-hybridized carbons (Fsp3) is 0.240. The van der Waals surface area contributed by atoms with E-state index in [-0.39, 0.29) is 0 Å². The molecule has 0 nitrogen and oxygen atoms in total. The van der Waals surface area contributed by atoms with Gasteiger partial charge in [0.15, 0.2) is 0 Å². The third-order valence-corrected chi connectivity index (χ3v) is 5.40. The number of benzene rings is 3. The summed E-state index contributed by atoms with van der Waals surface area (Å²) in [6.45, 7) is 0.